The van der Waals surface area contributed by atoms with Crippen LogP contribution < -0.4 is 16.4 Å². The molecule has 0 aromatic carbocycles. The topological polar surface area (TPSA) is 106 Å². The average Bonchev–Trinajstić information content (AvgIpc) is 3.16. The van der Waals surface area contributed by atoms with Crippen LogP contribution in [0.5, 0.6) is 0 Å². The molecule has 5 rings (SSSR count). The highest BCUT2D eigenvalue weighted by atomic mass is 32.2. The van der Waals surface area contributed by atoms with Gasteiger partial charge in [-0.15, -0.1) is 0 Å². The van der Waals surface area contributed by atoms with Crippen LogP contribution >= 0.6 is 11.8 Å². The first kappa shape index (κ1) is 18.3. The predicted octanol–water partition coefficient (Wildman–Crippen LogP) is 1.83. The van der Waals surface area contributed by atoms with Crippen molar-refractivity contribution in [3.63, 3.8) is 0 Å². The van der Waals surface area contributed by atoms with Crippen LogP contribution in [0.15, 0.2) is 16.5 Å². The Morgan fingerprint density at radius 1 is 1.42 bits per heavy atom. The highest BCUT2D eigenvalue weighted by molar-refractivity contribution is 7.98. The van der Waals surface area contributed by atoms with E-state index in [4.69, 9.17) is 10.2 Å². The van der Waals surface area contributed by atoms with Gasteiger partial charge < -0.3 is 10.2 Å². The minimum Gasteiger partial charge on any atom is -0.464 e. The van der Waals surface area contributed by atoms with E-state index < -0.39 is 0 Å². The van der Waals surface area contributed by atoms with Crippen LogP contribution in [0.4, 0.5) is 0 Å². The predicted molar refractivity (Wildman–Crippen MR) is 101 cm³/mol. The highest BCUT2D eigenvalue weighted by Gasteiger charge is 2.69. The molecule has 8 heteroatoms. The van der Waals surface area contributed by atoms with Crippen molar-refractivity contribution in [2.75, 3.05) is 25.9 Å². The molecule has 0 spiro atoms. The van der Waals surface area contributed by atoms with Gasteiger partial charge in [-0.3, -0.25) is 20.7 Å². The van der Waals surface area contributed by atoms with Crippen LogP contribution in [0.2, 0.25) is 0 Å². The molecular formula is C18H28N4O3S. The molecule has 4 aliphatic rings. The van der Waals surface area contributed by atoms with E-state index in [1.807, 2.05) is 6.07 Å². The van der Waals surface area contributed by atoms with Crippen LogP contribution in [0.25, 0.3) is 0 Å². The molecule has 0 radical (unpaired) electrons. The van der Waals surface area contributed by atoms with Crippen molar-refractivity contribution in [3.8, 4) is 0 Å². The molecule has 0 aliphatic heterocycles. The Morgan fingerprint density at radius 2 is 2.19 bits per heavy atom. The number of nitrogens with two attached hydrogens (primary N) is 1. The van der Waals surface area contributed by atoms with E-state index in [0.29, 0.717) is 12.5 Å². The molecule has 4 bridgehead atoms. The number of nitro groups is 1. The van der Waals surface area contributed by atoms with Crippen LogP contribution in [0.3, 0.4) is 0 Å². The van der Waals surface area contributed by atoms with Gasteiger partial charge in [-0.2, -0.15) is 11.8 Å². The van der Waals surface area contributed by atoms with Gasteiger partial charge >= 0.3 is 0 Å². The zero-order valence-electron chi connectivity index (χ0n) is 15.1. The first-order valence-corrected chi connectivity index (χ1v) is 10.7. The normalized spacial score (nSPS) is 33.4. The van der Waals surface area contributed by atoms with Gasteiger partial charge in [-0.25, -0.2) is 0 Å². The second kappa shape index (κ2) is 7.50. The van der Waals surface area contributed by atoms with Crippen molar-refractivity contribution in [2.45, 2.75) is 30.8 Å². The lowest BCUT2D eigenvalue weighted by molar-refractivity contribution is -0.484. The summed E-state index contributed by atoms with van der Waals surface area (Å²) in [5, 5.41) is 16.6. The summed E-state index contributed by atoms with van der Waals surface area (Å²) in [6, 6.07) is 4.16. The molecule has 4 saturated carbocycles. The number of thioether (sulfide) groups is 1. The van der Waals surface area contributed by atoms with Crippen LogP contribution in [-0.2, 0) is 5.75 Å². The molecule has 144 valence electrons. The molecule has 5 atom stereocenters. The quantitative estimate of drug-likeness (QED) is 0.233. The molecule has 5 unspecified atom stereocenters. The van der Waals surface area contributed by atoms with E-state index in [2.05, 4.69) is 16.7 Å². The van der Waals surface area contributed by atoms with Crippen molar-refractivity contribution in [3.05, 3.63) is 33.8 Å². The van der Waals surface area contributed by atoms with Gasteiger partial charge in [0, 0.05) is 17.2 Å². The standard InChI is InChI=1S/C18H28N4O3S/c1-20-15(8-22(23)24)21-4-5-26-9-11-2-3-14(25-11)18(19)16-10-6-12-13(7-10)17(12)16/h2-3,10,12-13,15-18,20-21H,4-9,19H2,1H3. The molecule has 0 amide bonds. The van der Waals surface area contributed by atoms with Crippen molar-refractivity contribution in [1.29, 1.82) is 0 Å². The molecule has 4 aliphatic carbocycles. The fraction of sp³-hybridized carbons (Fsp3) is 0.778. The third kappa shape index (κ3) is 3.52. The lowest BCUT2D eigenvalue weighted by atomic mass is 9.89. The summed E-state index contributed by atoms with van der Waals surface area (Å²) in [7, 11) is 1.72. The van der Waals surface area contributed by atoms with Gasteiger partial charge in [0.2, 0.25) is 6.54 Å². The Kier molecular flexibility index (Phi) is 5.27. The van der Waals surface area contributed by atoms with Crippen LogP contribution in [0.1, 0.15) is 30.4 Å². The maximum absolute atomic E-state index is 10.5. The first-order chi connectivity index (χ1) is 12.6. The molecule has 0 saturated heterocycles. The third-order valence-corrected chi connectivity index (χ3v) is 7.51. The monoisotopic (exact) mass is 380 g/mol. The molecule has 1 aromatic rings. The van der Waals surface area contributed by atoms with Crippen molar-refractivity contribution in [1.82, 2.24) is 10.6 Å². The number of likely N-dealkylation sites (N-methyl/N-ethyl adjacent to an activating group) is 1. The fourth-order valence-corrected chi connectivity index (χ4v) is 6.15. The molecule has 26 heavy (non-hydrogen) atoms. The Hall–Kier alpha value is -1.09. The second-order valence-electron chi connectivity index (χ2n) is 7.91. The van der Waals surface area contributed by atoms with Gasteiger partial charge in [0.25, 0.3) is 0 Å². The summed E-state index contributed by atoms with van der Waals surface area (Å²) in [4.78, 5) is 10.2. The Balaban J connectivity index is 1.18. The molecule has 1 aromatic heterocycles. The SMILES string of the molecule is CNC(C[N+](=O)[O-])NCCSCc1ccc(C(N)C2C3CC4C(C3)C42)o1. The van der Waals surface area contributed by atoms with E-state index in [1.165, 1.54) is 12.8 Å². The highest BCUT2D eigenvalue weighted by Crippen LogP contribution is 2.75. The zero-order chi connectivity index (χ0) is 18.3. The minimum absolute atomic E-state index is 0.0569. The molecule has 7 nitrogen and oxygen atoms in total. The lowest BCUT2D eigenvalue weighted by Gasteiger charge is -2.21. The third-order valence-electron chi connectivity index (χ3n) is 6.52. The van der Waals surface area contributed by atoms with Gasteiger partial charge in [0.15, 0.2) is 0 Å². The van der Waals surface area contributed by atoms with Crippen molar-refractivity contribution < 1.29 is 9.34 Å². The van der Waals surface area contributed by atoms with E-state index in [1.54, 1.807) is 18.8 Å². The average molecular weight is 381 g/mol. The van der Waals surface area contributed by atoms with Crippen molar-refractivity contribution in [2.24, 2.45) is 35.3 Å². The number of rotatable bonds is 11. The maximum atomic E-state index is 10.5. The molecular weight excluding hydrogens is 352 g/mol. The molecule has 4 fully saturated rings. The van der Waals surface area contributed by atoms with Crippen LogP contribution in [0, 0.1) is 39.7 Å². The number of nitrogens with one attached hydrogen (secondary N) is 2. The van der Waals surface area contributed by atoms with Gasteiger partial charge in [0.1, 0.15) is 17.7 Å². The molecule has 1 heterocycles. The summed E-state index contributed by atoms with van der Waals surface area (Å²) in [5.41, 5.74) is 6.54. The summed E-state index contributed by atoms with van der Waals surface area (Å²) < 4.78 is 6.03. The van der Waals surface area contributed by atoms with E-state index in [-0.39, 0.29) is 23.7 Å². The Bertz CT molecular complexity index is 640. The second-order valence-corrected chi connectivity index (χ2v) is 9.01. The van der Waals surface area contributed by atoms with E-state index in [9.17, 15) is 10.1 Å². The molecule has 4 N–H and O–H groups in total. The van der Waals surface area contributed by atoms with Gasteiger partial charge in [0.05, 0.1) is 11.8 Å². The largest absolute Gasteiger partial charge is 0.464 e. The Labute approximate surface area is 158 Å². The smallest absolute Gasteiger partial charge is 0.231 e. The summed E-state index contributed by atoms with van der Waals surface area (Å²) in [6.07, 6.45) is 2.50. The Morgan fingerprint density at radius 3 is 2.81 bits per heavy atom. The summed E-state index contributed by atoms with van der Waals surface area (Å²) in [6.45, 7) is 0.594. The van der Waals surface area contributed by atoms with Crippen molar-refractivity contribution >= 4 is 11.8 Å². The number of hydrogen-bond donors (Lipinski definition) is 3. The van der Waals surface area contributed by atoms with Gasteiger partial charge in [-0.1, -0.05) is 0 Å². The van der Waals surface area contributed by atoms with Gasteiger partial charge in [-0.05, 0) is 61.6 Å². The fourth-order valence-electron chi connectivity index (χ4n) is 5.39. The number of hydrogen-bond acceptors (Lipinski definition) is 7. The first-order valence-electron chi connectivity index (χ1n) is 9.53. The summed E-state index contributed by atoms with van der Waals surface area (Å²) >= 11 is 1.76. The number of nitrogens with zero attached hydrogens (tertiary/aromatic N) is 1. The zero-order valence-corrected chi connectivity index (χ0v) is 15.9. The minimum atomic E-state index is -0.313. The van der Waals surface area contributed by atoms with E-state index >= 15 is 0 Å². The van der Waals surface area contributed by atoms with E-state index in [0.717, 1.165) is 46.7 Å². The lowest BCUT2D eigenvalue weighted by Crippen LogP contribution is -2.46. The van der Waals surface area contributed by atoms with Crippen LogP contribution in [-0.4, -0.2) is 37.0 Å². The maximum Gasteiger partial charge on any atom is 0.231 e. The number of furan rings is 1. The summed E-state index contributed by atoms with van der Waals surface area (Å²) in [5.74, 6) is 7.89.